The van der Waals surface area contributed by atoms with Crippen LogP contribution in [-0.2, 0) is 21.2 Å². The van der Waals surface area contributed by atoms with Gasteiger partial charge in [-0.05, 0) is 74.0 Å². The molecular formula is C28H28FN3O3S2. The van der Waals surface area contributed by atoms with E-state index in [4.69, 9.17) is 0 Å². The minimum Gasteiger partial charge on any atom is -0.330 e. The normalized spacial score (nSPS) is 16.2. The maximum absolute atomic E-state index is 14.0. The molecule has 1 amide bonds. The summed E-state index contributed by atoms with van der Waals surface area (Å²) in [6.45, 7) is 5.46. The highest BCUT2D eigenvalue weighted by molar-refractivity contribution is 7.89. The van der Waals surface area contributed by atoms with E-state index >= 15 is 0 Å². The molecule has 4 aromatic rings. The van der Waals surface area contributed by atoms with E-state index < -0.39 is 21.6 Å². The van der Waals surface area contributed by atoms with E-state index in [0.717, 1.165) is 11.1 Å². The largest absolute Gasteiger partial charge is 0.330 e. The Kier molecular flexibility index (Phi) is 6.64. The summed E-state index contributed by atoms with van der Waals surface area (Å²) in [6.07, 6.45) is 2.25. The molecule has 0 aliphatic carbocycles. The number of amides is 1. The number of carbonyl (C=O) groups excluding carboxylic acids is 1. The lowest BCUT2D eigenvalue weighted by molar-refractivity contribution is -0.134. The molecule has 1 aliphatic heterocycles. The lowest BCUT2D eigenvalue weighted by atomic mass is 9.93. The summed E-state index contributed by atoms with van der Waals surface area (Å²) in [5, 5.41) is 2.70. The molecular weight excluding hydrogens is 509 g/mol. The summed E-state index contributed by atoms with van der Waals surface area (Å²) >= 11 is 1.64. The van der Waals surface area contributed by atoms with Crippen LogP contribution in [0.25, 0.3) is 10.9 Å². The number of hydrogen-bond donors (Lipinski definition) is 0. The highest BCUT2D eigenvalue weighted by Crippen LogP contribution is 2.38. The molecule has 0 fully saturated rings. The van der Waals surface area contributed by atoms with Crippen molar-refractivity contribution in [1.29, 1.82) is 0 Å². The Labute approximate surface area is 220 Å². The highest BCUT2D eigenvalue weighted by Gasteiger charge is 2.40. The Hall–Kier alpha value is -3.14. The molecule has 5 rings (SSSR count). The number of pyridine rings is 1. The first-order valence-electron chi connectivity index (χ1n) is 12.0. The fraction of sp³-hybridized carbons (Fsp3) is 0.286. The molecule has 0 saturated carbocycles. The Balaban J connectivity index is 1.53. The average Bonchev–Trinajstić information content (AvgIpc) is 3.35. The number of aromatic nitrogens is 1. The third kappa shape index (κ3) is 4.79. The van der Waals surface area contributed by atoms with Crippen LogP contribution in [0.1, 0.15) is 42.8 Å². The van der Waals surface area contributed by atoms with E-state index in [1.807, 2.05) is 23.6 Å². The molecule has 0 spiro atoms. The van der Waals surface area contributed by atoms with Gasteiger partial charge in [0.2, 0.25) is 15.9 Å². The Morgan fingerprint density at radius 2 is 1.84 bits per heavy atom. The topological polar surface area (TPSA) is 70.6 Å². The van der Waals surface area contributed by atoms with Crippen LogP contribution >= 0.6 is 11.3 Å². The quantitative estimate of drug-likeness (QED) is 0.342. The number of halogens is 1. The molecule has 9 heteroatoms. The molecule has 6 nitrogen and oxygen atoms in total. The lowest BCUT2D eigenvalue weighted by Crippen LogP contribution is -2.52. The van der Waals surface area contributed by atoms with Crippen molar-refractivity contribution < 1.29 is 17.6 Å². The number of thiophene rings is 1. The molecule has 0 radical (unpaired) electrons. The fourth-order valence-electron chi connectivity index (χ4n) is 4.89. The smallest absolute Gasteiger partial charge is 0.246 e. The molecule has 2 aromatic heterocycles. The van der Waals surface area contributed by atoms with Gasteiger partial charge in [0, 0.05) is 28.5 Å². The van der Waals surface area contributed by atoms with Gasteiger partial charge in [0.15, 0.2) is 0 Å². The Bertz CT molecular complexity index is 1550. The monoisotopic (exact) mass is 537 g/mol. The van der Waals surface area contributed by atoms with Gasteiger partial charge in [0.1, 0.15) is 10.7 Å². The molecule has 3 heterocycles. The molecule has 0 unspecified atom stereocenters. The van der Waals surface area contributed by atoms with Gasteiger partial charge in [-0.15, -0.1) is 11.3 Å². The number of para-hydroxylation sites is 1. The molecule has 0 saturated heterocycles. The summed E-state index contributed by atoms with van der Waals surface area (Å²) in [5.74, 6) is -0.658. The van der Waals surface area contributed by atoms with Crippen LogP contribution in [-0.4, -0.2) is 47.1 Å². The molecule has 192 valence electrons. The predicted molar refractivity (Wildman–Crippen MR) is 143 cm³/mol. The van der Waals surface area contributed by atoms with Crippen LogP contribution in [0.5, 0.6) is 0 Å². The van der Waals surface area contributed by atoms with Gasteiger partial charge in [-0.1, -0.05) is 30.3 Å². The van der Waals surface area contributed by atoms with Crippen LogP contribution in [0.4, 0.5) is 4.39 Å². The van der Waals surface area contributed by atoms with E-state index in [1.54, 1.807) is 67.5 Å². The van der Waals surface area contributed by atoms with Crippen LogP contribution in [0.2, 0.25) is 0 Å². The second-order valence-corrected chi connectivity index (χ2v) is 12.9. The van der Waals surface area contributed by atoms with Crippen molar-refractivity contribution >= 4 is 38.2 Å². The zero-order valence-corrected chi connectivity index (χ0v) is 22.5. The molecule has 1 atom stereocenters. The molecule has 0 bridgehead atoms. The summed E-state index contributed by atoms with van der Waals surface area (Å²) in [6, 6.07) is 16.3. The van der Waals surface area contributed by atoms with Gasteiger partial charge in [-0.25, -0.2) is 12.8 Å². The van der Waals surface area contributed by atoms with Gasteiger partial charge in [-0.3, -0.25) is 9.78 Å². The zero-order valence-electron chi connectivity index (χ0n) is 20.9. The van der Waals surface area contributed by atoms with E-state index in [9.17, 15) is 17.6 Å². The zero-order chi connectivity index (χ0) is 26.4. The van der Waals surface area contributed by atoms with Crippen molar-refractivity contribution in [2.24, 2.45) is 0 Å². The van der Waals surface area contributed by atoms with Gasteiger partial charge in [0.05, 0.1) is 18.1 Å². The SMILES string of the molecule is CC(C)(C)N(CC(=O)N1CCc2sccc2[C@@H]1c1ccc(F)cc1)S(=O)(=O)c1cccc2cccnc12. The van der Waals surface area contributed by atoms with Gasteiger partial charge < -0.3 is 4.90 Å². The first-order valence-corrected chi connectivity index (χ1v) is 14.4. The van der Waals surface area contributed by atoms with Crippen molar-refractivity contribution in [1.82, 2.24) is 14.2 Å². The highest BCUT2D eigenvalue weighted by atomic mass is 32.2. The number of carbonyl (C=O) groups is 1. The van der Waals surface area contributed by atoms with Crippen LogP contribution in [0.15, 0.2) is 77.1 Å². The van der Waals surface area contributed by atoms with Crippen LogP contribution in [0, 0.1) is 5.82 Å². The first kappa shape index (κ1) is 25.5. The molecule has 37 heavy (non-hydrogen) atoms. The van der Waals surface area contributed by atoms with E-state index in [-0.39, 0.29) is 23.2 Å². The molecule has 2 aromatic carbocycles. The fourth-order valence-corrected chi connectivity index (χ4v) is 7.70. The van der Waals surface area contributed by atoms with Gasteiger partial charge in [-0.2, -0.15) is 4.31 Å². The lowest BCUT2D eigenvalue weighted by Gasteiger charge is -2.40. The maximum atomic E-state index is 14.0. The van der Waals surface area contributed by atoms with E-state index in [2.05, 4.69) is 4.98 Å². The minimum absolute atomic E-state index is 0.0715. The van der Waals surface area contributed by atoms with Crippen molar-refractivity contribution in [3.8, 4) is 0 Å². The van der Waals surface area contributed by atoms with Gasteiger partial charge >= 0.3 is 0 Å². The number of hydrogen-bond acceptors (Lipinski definition) is 5. The Morgan fingerprint density at radius 1 is 1.11 bits per heavy atom. The summed E-state index contributed by atoms with van der Waals surface area (Å²) in [5.41, 5.74) is 1.29. The average molecular weight is 538 g/mol. The second-order valence-electron chi connectivity index (χ2n) is 10.1. The van der Waals surface area contributed by atoms with Gasteiger partial charge in [0.25, 0.3) is 0 Å². The van der Waals surface area contributed by atoms with Crippen LogP contribution in [0.3, 0.4) is 0 Å². The standard InChI is InChI=1S/C28H28FN3O3S2/c1-28(2,3)32(37(34,35)24-8-4-6-19-7-5-15-30-26(19)24)18-25(33)31-16-13-23-22(14-17-36-23)27(31)20-9-11-21(29)12-10-20/h4-12,14-15,17,27H,13,16,18H2,1-3H3/t27-/m0/s1. The third-order valence-corrected chi connectivity index (χ3v) is 9.80. The van der Waals surface area contributed by atoms with Crippen molar-refractivity contribution in [2.45, 2.75) is 43.7 Å². The van der Waals surface area contributed by atoms with E-state index in [1.165, 1.54) is 27.4 Å². The number of benzene rings is 2. The van der Waals surface area contributed by atoms with E-state index in [0.29, 0.717) is 23.9 Å². The summed E-state index contributed by atoms with van der Waals surface area (Å²) in [4.78, 5) is 21.2. The molecule has 1 aliphatic rings. The van der Waals surface area contributed by atoms with Crippen molar-refractivity contribution in [2.75, 3.05) is 13.1 Å². The summed E-state index contributed by atoms with van der Waals surface area (Å²) in [7, 11) is -4.08. The van der Waals surface area contributed by atoms with Crippen molar-refractivity contribution in [3.63, 3.8) is 0 Å². The number of sulfonamides is 1. The van der Waals surface area contributed by atoms with Crippen LogP contribution < -0.4 is 0 Å². The molecule has 0 N–H and O–H groups in total. The Morgan fingerprint density at radius 3 is 2.57 bits per heavy atom. The third-order valence-electron chi connectivity index (χ3n) is 6.66. The van der Waals surface area contributed by atoms with Crippen molar-refractivity contribution in [3.05, 3.63) is 94.1 Å². The minimum atomic E-state index is -4.08. The number of rotatable bonds is 5. The maximum Gasteiger partial charge on any atom is 0.246 e. The number of nitrogens with zero attached hydrogens (tertiary/aromatic N) is 3. The second kappa shape index (κ2) is 9.63. The predicted octanol–water partition coefficient (Wildman–Crippen LogP) is 5.40. The number of fused-ring (bicyclic) bond motifs is 2. The first-order chi connectivity index (χ1) is 17.6. The summed E-state index contributed by atoms with van der Waals surface area (Å²) < 4.78 is 43.0.